The van der Waals surface area contributed by atoms with Crippen LogP contribution in [0.1, 0.15) is 0 Å². The van der Waals surface area contributed by atoms with E-state index in [0.29, 0.717) is 25.3 Å². The minimum atomic E-state index is 0.355. The van der Waals surface area contributed by atoms with Crippen molar-refractivity contribution in [1.29, 1.82) is 0 Å². The zero-order chi connectivity index (χ0) is 17.8. The van der Waals surface area contributed by atoms with Gasteiger partial charge in [-0.2, -0.15) is 0 Å². The SMILES string of the molecule is COCCOCOC[C@@H]1CSC2=C(SC(=C3SC4=C(SCCS4)S3)S2)S1. The molecule has 0 aromatic carbocycles. The Morgan fingerprint density at radius 1 is 0.769 bits per heavy atom. The van der Waals surface area contributed by atoms with Crippen LogP contribution < -0.4 is 0 Å². The van der Waals surface area contributed by atoms with Gasteiger partial charge in [-0.1, -0.05) is 47.0 Å². The molecule has 26 heavy (non-hydrogen) atoms. The lowest BCUT2D eigenvalue weighted by Gasteiger charge is -2.21. The molecule has 0 unspecified atom stereocenters. The van der Waals surface area contributed by atoms with Crippen molar-refractivity contribution in [2.75, 3.05) is 51.0 Å². The smallest absolute Gasteiger partial charge is 0.146 e. The fourth-order valence-electron chi connectivity index (χ4n) is 2.19. The Kier molecular flexibility index (Phi) is 8.77. The van der Waals surface area contributed by atoms with Crippen molar-refractivity contribution in [1.82, 2.24) is 0 Å². The minimum absolute atomic E-state index is 0.355. The third kappa shape index (κ3) is 5.53. The Bertz CT molecular complexity index is 612. The van der Waals surface area contributed by atoms with Gasteiger partial charge in [-0.05, 0) is 0 Å². The predicted octanol–water partition coefficient (Wildman–Crippen LogP) is 6.29. The lowest BCUT2D eigenvalue weighted by atomic mass is 10.5. The summed E-state index contributed by atoms with van der Waals surface area (Å²) in [7, 11) is 1.68. The number of ether oxygens (including phenoxy) is 3. The van der Waals surface area contributed by atoms with Gasteiger partial charge in [-0.15, -0.1) is 47.0 Å². The molecule has 0 radical (unpaired) electrons. The maximum absolute atomic E-state index is 5.68. The van der Waals surface area contributed by atoms with Crippen LogP contribution in [0.4, 0.5) is 0 Å². The second-order valence-corrected chi connectivity index (χ2v) is 15.5. The lowest BCUT2D eigenvalue weighted by Crippen LogP contribution is -2.18. The Balaban J connectivity index is 1.24. The molecule has 0 saturated carbocycles. The van der Waals surface area contributed by atoms with E-state index in [4.69, 9.17) is 14.2 Å². The highest BCUT2D eigenvalue weighted by atomic mass is 32.3. The molecule has 144 valence electrons. The Morgan fingerprint density at radius 3 is 2.12 bits per heavy atom. The van der Waals surface area contributed by atoms with E-state index in [1.165, 1.54) is 36.9 Å². The highest BCUT2D eigenvalue weighted by molar-refractivity contribution is 8.45. The van der Waals surface area contributed by atoms with Crippen molar-refractivity contribution in [3.63, 3.8) is 0 Å². The third-order valence-electron chi connectivity index (χ3n) is 3.37. The highest BCUT2D eigenvalue weighted by Gasteiger charge is 2.34. The van der Waals surface area contributed by atoms with E-state index in [0.717, 1.165) is 12.4 Å². The van der Waals surface area contributed by atoms with E-state index < -0.39 is 0 Å². The van der Waals surface area contributed by atoms with Crippen molar-refractivity contribution in [2.24, 2.45) is 0 Å². The molecule has 0 amide bonds. The van der Waals surface area contributed by atoms with Gasteiger partial charge < -0.3 is 14.2 Å². The summed E-state index contributed by atoms with van der Waals surface area (Å²) in [5.41, 5.74) is 0. The van der Waals surface area contributed by atoms with Crippen molar-refractivity contribution >= 4 is 94.1 Å². The first-order valence-corrected chi connectivity index (χ1v) is 15.1. The first kappa shape index (κ1) is 21.1. The summed E-state index contributed by atoms with van der Waals surface area (Å²) in [6, 6.07) is 0. The largest absolute Gasteiger partial charge is 0.382 e. The standard InChI is InChI=1S/C15H18O3S8/c1-16-2-3-17-8-18-6-9-7-21-12-13(22-9)26-15(25-12)14-23-10-11(24-14)20-5-4-19-10/h9H,2-8H2,1H3/t9-/m1/s1. The second-order valence-electron chi connectivity index (χ2n) is 5.27. The van der Waals surface area contributed by atoms with E-state index in [1.807, 2.05) is 94.1 Å². The molecular weight excluding hydrogens is 485 g/mol. The van der Waals surface area contributed by atoms with Gasteiger partial charge in [0, 0.05) is 29.6 Å². The van der Waals surface area contributed by atoms with Crippen LogP contribution in [-0.4, -0.2) is 56.2 Å². The van der Waals surface area contributed by atoms with Crippen LogP contribution in [0.25, 0.3) is 0 Å². The number of hydrogen-bond acceptors (Lipinski definition) is 11. The van der Waals surface area contributed by atoms with Gasteiger partial charge in [-0.25, -0.2) is 0 Å². The van der Waals surface area contributed by atoms with Gasteiger partial charge in [0.15, 0.2) is 0 Å². The number of methoxy groups -OCH3 is 1. The number of thioether (sulfide) groups is 8. The molecule has 3 nitrogen and oxygen atoms in total. The Labute approximate surface area is 188 Å². The summed E-state index contributed by atoms with van der Waals surface area (Å²) < 4.78 is 25.0. The third-order valence-corrected chi connectivity index (χ3v) is 15.7. The van der Waals surface area contributed by atoms with E-state index in [-0.39, 0.29) is 0 Å². The van der Waals surface area contributed by atoms with Crippen molar-refractivity contribution in [3.8, 4) is 0 Å². The van der Waals surface area contributed by atoms with Crippen LogP contribution in [0.15, 0.2) is 25.4 Å². The highest BCUT2D eigenvalue weighted by Crippen LogP contribution is 2.68. The van der Waals surface area contributed by atoms with Gasteiger partial charge in [0.05, 0.1) is 45.2 Å². The summed E-state index contributed by atoms with van der Waals surface area (Å²) in [5, 5.41) is 0.503. The van der Waals surface area contributed by atoms with Crippen LogP contribution in [0, 0.1) is 0 Å². The quantitative estimate of drug-likeness (QED) is 0.290. The maximum Gasteiger partial charge on any atom is 0.146 e. The summed E-state index contributed by atoms with van der Waals surface area (Å²) in [6.07, 6.45) is 0. The van der Waals surface area contributed by atoms with E-state index in [1.54, 1.807) is 7.11 Å². The number of hydrogen-bond donors (Lipinski definition) is 0. The molecule has 1 atom stereocenters. The minimum Gasteiger partial charge on any atom is -0.382 e. The monoisotopic (exact) mass is 502 g/mol. The van der Waals surface area contributed by atoms with Crippen LogP contribution in [0.3, 0.4) is 0 Å². The molecule has 0 aromatic rings. The first-order chi connectivity index (χ1) is 12.8. The lowest BCUT2D eigenvalue weighted by molar-refractivity contribution is -0.0642. The Morgan fingerprint density at radius 2 is 1.42 bits per heavy atom. The normalized spacial score (nSPS) is 26.0. The number of rotatable bonds is 7. The molecule has 0 saturated heterocycles. The molecule has 0 spiro atoms. The van der Waals surface area contributed by atoms with E-state index in [9.17, 15) is 0 Å². The molecule has 4 aliphatic heterocycles. The molecule has 0 fully saturated rings. The fourth-order valence-corrected chi connectivity index (χ4v) is 14.7. The molecule has 0 aliphatic carbocycles. The maximum atomic E-state index is 5.68. The summed E-state index contributed by atoms with van der Waals surface area (Å²) in [5.74, 6) is 3.60. The molecule has 11 heteroatoms. The van der Waals surface area contributed by atoms with Crippen LogP contribution >= 0.6 is 94.1 Å². The van der Waals surface area contributed by atoms with E-state index in [2.05, 4.69) is 0 Å². The van der Waals surface area contributed by atoms with Crippen molar-refractivity contribution in [3.05, 3.63) is 25.4 Å². The zero-order valence-electron chi connectivity index (χ0n) is 14.0. The average Bonchev–Trinajstić information content (AvgIpc) is 3.27. The summed E-state index contributed by atoms with van der Waals surface area (Å²) in [6.45, 7) is 2.30. The summed E-state index contributed by atoms with van der Waals surface area (Å²) >= 11 is 15.9. The fraction of sp³-hybridized carbons (Fsp3) is 0.600. The van der Waals surface area contributed by atoms with Gasteiger partial charge in [-0.3, -0.25) is 0 Å². The van der Waals surface area contributed by atoms with Gasteiger partial charge in [0.2, 0.25) is 0 Å². The summed E-state index contributed by atoms with van der Waals surface area (Å²) in [4.78, 5) is 0. The second kappa shape index (κ2) is 10.8. The topological polar surface area (TPSA) is 27.7 Å². The molecule has 0 bridgehead atoms. The zero-order valence-corrected chi connectivity index (χ0v) is 20.5. The molecule has 0 aromatic heterocycles. The van der Waals surface area contributed by atoms with Crippen LogP contribution in [0.5, 0.6) is 0 Å². The molecule has 4 rings (SSSR count). The van der Waals surface area contributed by atoms with Gasteiger partial charge in [0.1, 0.15) is 6.79 Å². The molecular formula is C15H18O3S8. The van der Waals surface area contributed by atoms with Gasteiger partial charge in [0.25, 0.3) is 0 Å². The van der Waals surface area contributed by atoms with Crippen molar-refractivity contribution in [2.45, 2.75) is 5.25 Å². The van der Waals surface area contributed by atoms with E-state index >= 15 is 0 Å². The molecule has 4 aliphatic rings. The first-order valence-electron chi connectivity index (χ1n) is 7.97. The van der Waals surface area contributed by atoms with Gasteiger partial charge >= 0.3 is 0 Å². The Hall–Kier alpha value is 1.90. The predicted molar refractivity (Wildman–Crippen MR) is 129 cm³/mol. The van der Waals surface area contributed by atoms with Crippen molar-refractivity contribution < 1.29 is 14.2 Å². The van der Waals surface area contributed by atoms with Crippen LogP contribution in [-0.2, 0) is 14.2 Å². The molecule has 0 N–H and O–H groups in total. The average molecular weight is 503 g/mol. The van der Waals surface area contributed by atoms with Crippen LogP contribution in [0.2, 0.25) is 0 Å². The molecule has 4 heterocycles.